The van der Waals surface area contributed by atoms with Crippen LogP contribution in [0, 0.1) is 18.3 Å². The molecule has 1 rings (SSSR count). The van der Waals surface area contributed by atoms with Gasteiger partial charge in [-0.3, -0.25) is 4.79 Å². The van der Waals surface area contributed by atoms with Crippen LogP contribution in [0.2, 0.25) is 0 Å². The second-order valence-electron chi connectivity index (χ2n) is 4.12. The fraction of sp³-hybridized carbons (Fsp3) is 0.385. The van der Waals surface area contributed by atoms with Crippen molar-refractivity contribution >= 4 is 11.7 Å². The fourth-order valence-electron chi connectivity index (χ4n) is 1.58. The summed E-state index contributed by atoms with van der Waals surface area (Å²) in [5.74, 6) is -0.783. The van der Waals surface area contributed by atoms with Crippen molar-refractivity contribution in [2.24, 2.45) is 0 Å². The van der Waals surface area contributed by atoms with Gasteiger partial charge in [0.2, 0.25) is 0 Å². The predicted molar refractivity (Wildman–Crippen MR) is 65.8 cm³/mol. The third-order valence-corrected chi connectivity index (χ3v) is 2.55. The summed E-state index contributed by atoms with van der Waals surface area (Å²) in [4.78, 5) is 10.4. The third kappa shape index (κ3) is 4.15. The molecule has 17 heavy (non-hydrogen) atoms. The number of carboxylic acid groups (broad SMARTS) is 1. The standard InChI is InChI=1S/C13H16N2O2/c1-9-7-12(5-4-11(9)8-14)15-10(2)3-6-13(16)17/h4-5,7,10,15H,3,6H2,1-2H3,(H,16,17). The molecule has 0 heterocycles. The Morgan fingerprint density at radius 1 is 1.59 bits per heavy atom. The highest BCUT2D eigenvalue weighted by Gasteiger charge is 2.06. The fourth-order valence-corrected chi connectivity index (χ4v) is 1.58. The summed E-state index contributed by atoms with van der Waals surface area (Å²) < 4.78 is 0. The van der Waals surface area contributed by atoms with Gasteiger partial charge in [0.25, 0.3) is 0 Å². The molecule has 0 aliphatic carbocycles. The van der Waals surface area contributed by atoms with Crippen LogP contribution < -0.4 is 5.32 Å². The van der Waals surface area contributed by atoms with Crippen molar-refractivity contribution in [2.75, 3.05) is 5.32 Å². The highest BCUT2D eigenvalue weighted by atomic mass is 16.4. The third-order valence-electron chi connectivity index (χ3n) is 2.55. The molecule has 4 nitrogen and oxygen atoms in total. The van der Waals surface area contributed by atoms with Crippen molar-refractivity contribution < 1.29 is 9.90 Å². The monoisotopic (exact) mass is 232 g/mol. The molecule has 0 saturated heterocycles. The lowest BCUT2D eigenvalue weighted by molar-refractivity contribution is -0.137. The minimum absolute atomic E-state index is 0.0958. The average Bonchev–Trinajstić information content (AvgIpc) is 2.26. The average molecular weight is 232 g/mol. The maximum Gasteiger partial charge on any atom is 0.303 e. The molecule has 90 valence electrons. The molecule has 0 bridgehead atoms. The lowest BCUT2D eigenvalue weighted by Crippen LogP contribution is -2.16. The first kappa shape index (κ1) is 13.0. The lowest BCUT2D eigenvalue weighted by Gasteiger charge is -2.14. The van der Waals surface area contributed by atoms with Gasteiger partial charge in [0.1, 0.15) is 0 Å². The Bertz CT molecular complexity index is 449. The Labute approximate surface area is 101 Å². The number of benzene rings is 1. The van der Waals surface area contributed by atoms with E-state index in [-0.39, 0.29) is 12.5 Å². The first-order chi connectivity index (χ1) is 8.02. The van der Waals surface area contributed by atoms with E-state index in [2.05, 4.69) is 11.4 Å². The maximum absolute atomic E-state index is 10.4. The number of nitrogens with zero attached hydrogens (tertiary/aromatic N) is 1. The van der Waals surface area contributed by atoms with E-state index in [1.54, 1.807) is 6.07 Å². The van der Waals surface area contributed by atoms with Gasteiger partial charge in [-0.05, 0) is 44.0 Å². The zero-order valence-electron chi connectivity index (χ0n) is 10.0. The molecule has 0 amide bonds. The second kappa shape index (κ2) is 5.90. The second-order valence-corrected chi connectivity index (χ2v) is 4.12. The Balaban J connectivity index is 2.60. The molecule has 1 aromatic rings. The summed E-state index contributed by atoms with van der Waals surface area (Å²) in [5, 5.41) is 20.6. The highest BCUT2D eigenvalue weighted by Crippen LogP contribution is 2.16. The highest BCUT2D eigenvalue weighted by molar-refractivity contribution is 5.66. The number of nitriles is 1. The number of rotatable bonds is 5. The Hall–Kier alpha value is -2.02. The number of nitrogens with one attached hydrogen (secondary N) is 1. The van der Waals surface area contributed by atoms with Gasteiger partial charge in [-0.1, -0.05) is 0 Å². The van der Waals surface area contributed by atoms with Crippen LogP contribution in [0.25, 0.3) is 0 Å². The summed E-state index contributed by atoms with van der Waals surface area (Å²) >= 11 is 0. The largest absolute Gasteiger partial charge is 0.481 e. The smallest absolute Gasteiger partial charge is 0.303 e. The summed E-state index contributed by atoms with van der Waals surface area (Å²) in [5.41, 5.74) is 2.50. The van der Waals surface area contributed by atoms with Crippen LogP contribution in [0.1, 0.15) is 30.9 Å². The molecule has 0 saturated carbocycles. The molecule has 1 aromatic carbocycles. The molecule has 0 aromatic heterocycles. The van der Waals surface area contributed by atoms with E-state index in [1.165, 1.54) is 0 Å². The van der Waals surface area contributed by atoms with Gasteiger partial charge >= 0.3 is 5.97 Å². The SMILES string of the molecule is Cc1cc(NC(C)CCC(=O)O)ccc1C#N. The first-order valence-electron chi connectivity index (χ1n) is 5.52. The van der Waals surface area contributed by atoms with Gasteiger partial charge in [-0.15, -0.1) is 0 Å². The van der Waals surface area contributed by atoms with Crippen LogP contribution in [-0.2, 0) is 4.79 Å². The maximum atomic E-state index is 10.4. The zero-order chi connectivity index (χ0) is 12.8. The van der Waals surface area contributed by atoms with Crippen molar-refractivity contribution in [3.05, 3.63) is 29.3 Å². The van der Waals surface area contributed by atoms with Crippen molar-refractivity contribution in [1.29, 1.82) is 5.26 Å². The van der Waals surface area contributed by atoms with Gasteiger partial charge in [-0.25, -0.2) is 0 Å². The Morgan fingerprint density at radius 2 is 2.29 bits per heavy atom. The molecular formula is C13H16N2O2. The predicted octanol–water partition coefficient (Wildman–Crippen LogP) is 2.53. The van der Waals surface area contributed by atoms with E-state index < -0.39 is 5.97 Å². The number of hydrogen-bond acceptors (Lipinski definition) is 3. The number of hydrogen-bond donors (Lipinski definition) is 2. The number of aliphatic carboxylic acids is 1. The van der Waals surface area contributed by atoms with Crippen LogP contribution in [0.15, 0.2) is 18.2 Å². The van der Waals surface area contributed by atoms with Crippen LogP contribution in [0.4, 0.5) is 5.69 Å². The molecule has 0 aliphatic heterocycles. The summed E-state index contributed by atoms with van der Waals surface area (Å²) in [6.45, 7) is 3.82. The van der Waals surface area contributed by atoms with E-state index in [9.17, 15) is 4.79 Å². The molecule has 2 N–H and O–H groups in total. The van der Waals surface area contributed by atoms with Gasteiger partial charge in [-0.2, -0.15) is 5.26 Å². The number of anilines is 1. The molecule has 0 fully saturated rings. The molecule has 4 heteroatoms. The van der Waals surface area contributed by atoms with Crippen molar-refractivity contribution in [3.63, 3.8) is 0 Å². The van der Waals surface area contributed by atoms with E-state index in [0.717, 1.165) is 11.3 Å². The Kier molecular flexibility index (Phi) is 4.53. The van der Waals surface area contributed by atoms with Crippen LogP contribution >= 0.6 is 0 Å². The van der Waals surface area contributed by atoms with Crippen molar-refractivity contribution in [1.82, 2.24) is 0 Å². The summed E-state index contributed by atoms with van der Waals surface area (Å²) in [7, 11) is 0. The molecule has 0 radical (unpaired) electrons. The molecule has 1 atom stereocenters. The van der Waals surface area contributed by atoms with Gasteiger partial charge in [0.15, 0.2) is 0 Å². The minimum Gasteiger partial charge on any atom is -0.481 e. The number of aryl methyl sites for hydroxylation is 1. The van der Waals surface area contributed by atoms with Crippen LogP contribution in [0.5, 0.6) is 0 Å². The zero-order valence-corrected chi connectivity index (χ0v) is 10.0. The normalized spacial score (nSPS) is 11.6. The number of carbonyl (C=O) groups is 1. The van der Waals surface area contributed by atoms with Crippen LogP contribution in [0.3, 0.4) is 0 Å². The quantitative estimate of drug-likeness (QED) is 0.818. The summed E-state index contributed by atoms with van der Waals surface area (Å²) in [6.07, 6.45) is 0.734. The van der Waals surface area contributed by atoms with Crippen molar-refractivity contribution in [3.8, 4) is 6.07 Å². The van der Waals surface area contributed by atoms with E-state index in [1.807, 2.05) is 26.0 Å². The Morgan fingerprint density at radius 3 is 2.82 bits per heavy atom. The van der Waals surface area contributed by atoms with Crippen LogP contribution in [-0.4, -0.2) is 17.1 Å². The lowest BCUT2D eigenvalue weighted by atomic mass is 10.1. The van der Waals surface area contributed by atoms with E-state index in [4.69, 9.17) is 10.4 Å². The van der Waals surface area contributed by atoms with Gasteiger partial charge in [0, 0.05) is 18.2 Å². The minimum atomic E-state index is -0.783. The molecule has 0 spiro atoms. The van der Waals surface area contributed by atoms with Gasteiger partial charge < -0.3 is 10.4 Å². The first-order valence-corrected chi connectivity index (χ1v) is 5.52. The molecule has 0 aliphatic rings. The molecular weight excluding hydrogens is 216 g/mol. The number of carboxylic acids is 1. The van der Waals surface area contributed by atoms with E-state index >= 15 is 0 Å². The van der Waals surface area contributed by atoms with Gasteiger partial charge in [0.05, 0.1) is 11.6 Å². The topological polar surface area (TPSA) is 73.1 Å². The summed E-state index contributed by atoms with van der Waals surface area (Å²) in [6, 6.07) is 7.71. The van der Waals surface area contributed by atoms with Crippen molar-refractivity contribution in [2.45, 2.75) is 32.7 Å². The van der Waals surface area contributed by atoms with E-state index in [0.29, 0.717) is 12.0 Å². The molecule has 1 unspecified atom stereocenters.